The molecule has 0 aliphatic heterocycles. The van der Waals surface area contributed by atoms with Crippen LogP contribution >= 0.6 is 11.6 Å². The minimum Gasteiger partial charge on any atom is -0.506 e. The molecule has 1 atom stereocenters. The molecular weight excluding hydrogens is 208 g/mol. The number of carbonyl (C=O) groups is 1. The summed E-state index contributed by atoms with van der Waals surface area (Å²) < 4.78 is 0. The molecule has 0 radical (unpaired) electrons. The fourth-order valence-electron chi connectivity index (χ4n) is 1.08. The zero-order valence-corrected chi connectivity index (χ0v) is 7.90. The van der Waals surface area contributed by atoms with Gasteiger partial charge in [-0.1, -0.05) is 23.7 Å². The first kappa shape index (κ1) is 10.8. The molecule has 1 rings (SSSR count). The summed E-state index contributed by atoms with van der Waals surface area (Å²) in [6.45, 7) is 0. The first-order chi connectivity index (χ1) is 6.52. The highest BCUT2D eigenvalue weighted by molar-refractivity contribution is 6.32. The van der Waals surface area contributed by atoms with Crippen LogP contribution in [0.5, 0.6) is 5.75 Å². The van der Waals surface area contributed by atoms with E-state index in [1.54, 1.807) is 0 Å². The summed E-state index contributed by atoms with van der Waals surface area (Å²) in [5, 5.41) is 27.3. The van der Waals surface area contributed by atoms with E-state index in [1.165, 1.54) is 18.2 Å². The predicted octanol–water partition coefficient (Wildman–Crippen LogP) is 1.55. The lowest BCUT2D eigenvalue weighted by molar-refractivity contribution is -0.139. The van der Waals surface area contributed by atoms with Crippen LogP contribution in [0.25, 0.3) is 0 Å². The van der Waals surface area contributed by atoms with Gasteiger partial charge in [0.25, 0.3) is 0 Å². The van der Waals surface area contributed by atoms with Crippen LogP contribution in [0.3, 0.4) is 0 Å². The van der Waals surface area contributed by atoms with Crippen molar-refractivity contribution in [3.05, 3.63) is 28.8 Å². The smallest absolute Gasteiger partial charge is 0.306 e. The van der Waals surface area contributed by atoms with Crippen molar-refractivity contribution in [3.8, 4) is 5.75 Å². The molecule has 0 heterocycles. The van der Waals surface area contributed by atoms with Gasteiger partial charge in [-0.05, 0) is 6.07 Å². The summed E-state index contributed by atoms with van der Waals surface area (Å²) in [5.74, 6) is -1.42. The van der Waals surface area contributed by atoms with E-state index in [2.05, 4.69) is 0 Å². The van der Waals surface area contributed by atoms with E-state index in [0.29, 0.717) is 0 Å². The lowest BCUT2D eigenvalue weighted by Gasteiger charge is -2.10. The van der Waals surface area contributed by atoms with Gasteiger partial charge in [-0.3, -0.25) is 4.79 Å². The second kappa shape index (κ2) is 4.30. The Balaban J connectivity index is 2.95. The second-order valence-electron chi connectivity index (χ2n) is 2.79. The summed E-state index contributed by atoms with van der Waals surface area (Å²) in [6, 6.07) is 4.41. The van der Waals surface area contributed by atoms with Crippen molar-refractivity contribution in [1.82, 2.24) is 0 Å². The number of aromatic hydroxyl groups is 1. The quantitative estimate of drug-likeness (QED) is 0.717. The number of para-hydroxylation sites is 1. The number of aliphatic carboxylic acids is 1. The minimum atomic E-state index is -1.24. The summed E-state index contributed by atoms with van der Waals surface area (Å²) in [4.78, 5) is 10.3. The molecule has 0 bridgehead atoms. The normalized spacial score (nSPS) is 12.4. The predicted molar refractivity (Wildman–Crippen MR) is 50.3 cm³/mol. The molecule has 0 saturated heterocycles. The summed E-state index contributed by atoms with van der Waals surface area (Å²) in [6.07, 6.45) is -1.71. The van der Waals surface area contributed by atoms with Crippen molar-refractivity contribution in [2.45, 2.75) is 12.5 Å². The van der Waals surface area contributed by atoms with Gasteiger partial charge in [0.2, 0.25) is 0 Å². The largest absolute Gasteiger partial charge is 0.506 e. The Bertz CT molecular complexity index is 351. The zero-order chi connectivity index (χ0) is 10.7. The van der Waals surface area contributed by atoms with E-state index >= 15 is 0 Å². The van der Waals surface area contributed by atoms with Crippen molar-refractivity contribution >= 4 is 17.6 Å². The molecule has 0 aliphatic rings. The van der Waals surface area contributed by atoms with Crippen LogP contribution < -0.4 is 0 Å². The number of rotatable bonds is 3. The molecule has 1 aromatic rings. The monoisotopic (exact) mass is 216 g/mol. The maximum atomic E-state index is 10.3. The number of phenols is 1. The Kier molecular flexibility index (Phi) is 3.33. The van der Waals surface area contributed by atoms with Crippen molar-refractivity contribution < 1.29 is 20.1 Å². The van der Waals surface area contributed by atoms with Gasteiger partial charge in [-0.15, -0.1) is 0 Å². The van der Waals surface area contributed by atoms with Gasteiger partial charge in [0.15, 0.2) is 0 Å². The maximum absolute atomic E-state index is 10.3. The molecule has 0 aromatic heterocycles. The van der Waals surface area contributed by atoms with Gasteiger partial charge >= 0.3 is 5.97 Å². The lowest BCUT2D eigenvalue weighted by Crippen LogP contribution is -2.05. The fraction of sp³-hybridized carbons (Fsp3) is 0.222. The number of aliphatic hydroxyl groups excluding tert-OH is 1. The maximum Gasteiger partial charge on any atom is 0.306 e. The fourth-order valence-corrected chi connectivity index (χ4v) is 1.26. The van der Waals surface area contributed by atoms with Crippen LogP contribution in [0.1, 0.15) is 18.1 Å². The van der Waals surface area contributed by atoms with Gasteiger partial charge in [0.1, 0.15) is 5.75 Å². The van der Waals surface area contributed by atoms with Gasteiger partial charge in [-0.2, -0.15) is 0 Å². The highest BCUT2D eigenvalue weighted by Gasteiger charge is 2.16. The third kappa shape index (κ3) is 2.37. The second-order valence-corrected chi connectivity index (χ2v) is 3.20. The SMILES string of the molecule is O=C(O)C[C@H](O)c1cccc(Cl)c1O. The number of halogens is 1. The Labute approximate surface area is 85.4 Å². The van der Waals surface area contributed by atoms with E-state index in [-0.39, 0.29) is 16.3 Å². The lowest BCUT2D eigenvalue weighted by atomic mass is 10.1. The van der Waals surface area contributed by atoms with Crippen LogP contribution in [0, 0.1) is 0 Å². The number of benzene rings is 1. The number of hydrogen-bond acceptors (Lipinski definition) is 3. The number of hydrogen-bond donors (Lipinski definition) is 3. The number of aliphatic hydroxyl groups is 1. The van der Waals surface area contributed by atoms with E-state index in [1.807, 2.05) is 0 Å². The third-order valence-electron chi connectivity index (χ3n) is 1.74. The van der Waals surface area contributed by atoms with E-state index in [0.717, 1.165) is 0 Å². The number of carboxylic acid groups (broad SMARTS) is 1. The van der Waals surface area contributed by atoms with Crippen molar-refractivity contribution in [2.24, 2.45) is 0 Å². The van der Waals surface area contributed by atoms with Gasteiger partial charge in [-0.25, -0.2) is 0 Å². The molecule has 4 nitrogen and oxygen atoms in total. The molecule has 0 fully saturated rings. The van der Waals surface area contributed by atoms with E-state index < -0.39 is 18.5 Å². The Morgan fingerprint density at radius 3 is 2.71 bits per heavy atom. The minimum absolute atomic E-state index is 0.0898. The summed E-state index contributed by atoms with van der Waals surface area (Å²) in [5.41, 5.74) is 0.125. The van der Waals surface area contributed by atoms with Crippen LogP contribution in [0.4, 0.5) is 0 Å². The highest BCUT2D eigenvalue weighted by Crippen LogP contribution is 2.32. The standard InChI is InChI=1S/C9H9ClO4/c10-6-3-1-2-5(9(6)14)7(11)4-8(12)13/h1-3,7,11,14H,4H2,(H,12,13)/t7-/m0/s1. The average molecular weight is 217 g/mol. The van der Waals surface area contributed by atoms with Crippen LogP contribution in [-0.4, -0.2) is 21.3 Å². The van der Waals surface area contributed by atoms with E-state index in [4.69, 9.17) is 16.7 Å². The summed E-state index contributed by atoms with van der Waals surface area (Å²) in [7, 11) is 0. The Hall–Kier alpha value is -1.26. The van der Waals surface area contributed by atoms with Gasteiger partial charge in [0, 0.05) is 5.56 Å². The molecule has 0 aliphatic carbocycles. The van der Waals surface area contributed by atoms with Crippen LogP contribution in [0.15, 0.2) is 18.2 Å². The molecule has 0 unspecified atom stereocenters. The first-order valence-corrected chi connectivity index (χ1v) is 4.27. The molecule has 14 heavy (non-hydrogen) atoms. The zero-order valence-electron chi connectivity index (χ0n) is 7.14. The van der Waals surface area contributed by atoms with Crippen LogP contribution in [-0.2, 0) is 4.79 Å². The van der Waals surface area contributed by atoms with Crippen molar-refractivity contribution in [2.75, 3.05) is 0 Å². The van der Waals surface area contributed by atoms with Crippen molar-refractivity contribution in [3.63, 3.8) is 0 Å². The Morgan fingerprint density at radius 1 is 1.50 bits per heavy atom. The average Bonchev–Trinajstić information content (AvgIpc) is 2.08. The van der Waals surface area contributed by atoms with E-state index in [9.17, 15) is 15.0 Å². The topological polar surface area (TPSA) is 77.8 Å². The molecular formula is C9H9ClO4. The highest BCUT2D eigenvalue weighted by atomic mass is 35.5. The van der Waals surface area contributed by atoms with Crippen molar-refractivity contribution in [1.29, 1.82) is 0 Å². The molecule has 3 N–H and O–H groups in total. The molecule has 0 spiro atoms. The number of carboxylic acids is 1. The summed E-state index contributed by atoms with van der Waals surface area (Å²) >= 11 is 5.59. The molecule has 0 amide bonds. The third-order valence-corrected chi connectivity index (χ3v) is 2.05. The first-order valence-electron chi connectivity index (χ1n) is 3.89. The number of phenolic OH excluding ortho intramolecular Hbond substituents is 1. The van der Waals surface area contributed by atoms with Gasteiger partial charge in [0.05, 0.1) is 17.5 Å². The Morgan fingerprint density at radius 2 is 2.14 bits per heavy atom. The molecule has 5 heteroatoms. The van der Waals surface area contributed by atoms with Crippen LogP contribution in [0.2, 0.25) is 5.02 Å². The molecule has 76 valence electrons. The molecule has 0 saturated carbocycles. The van der Waals surface area contributed by atoms with Gasteiger partial charge < -0.3 is 15.3 Å². The molecule has 1 aromatic carbocycles.